The van der Waals surface area contributed by atoms with Crippen molar-refractivity contribution in [3.63, 3.8) is 0 Å². The fraction of sp³-hybridized carbons (Fsp3) is 0.417. The van der Waals surface area contributed by atoms with Crippen LogP contribution in [-0.2, 0) is 13.1 Å². The highest BCUT2D eigenvalue weighted by atomic mass is 79.9. The summed E-state index contributed by atoms with van der Waals surface area (Å²) < 4.78 is 4.46. The number of imidazole rings is 1. The van der Waals surface area contributed by atoms with Gasteiger partial charge in [-0.2, -0.15) is 5.10 Å². The second-order valence-electron chi connectivity index (χ2n) is 4.24. The summed E-state index contributed by atoms with van der Waals surface area (Å²) in [6, 6.07) is 0. The zero-order chi connectivity index (χ0) is 14.2. The molecule has 0 amide bonds. The first kappa shape index (κ1) is 13.8. The molecule has 0 aliphatic rings. The van der Waals surface area contributed by atoms with E-state index in [1.165, 1.54) is 6.20 Å². The highest BCUT2D eigenvalue weighted by Gasteiger charge is 2.18. The SMILES string of the molecule is CCn1nc(C)c(Br)c1Cn1c(C(=O)O)cnc1C. The number of carboxylic acids is 1. The van der Waals surface area contributed by atoms with Gasteiger partial charge in [-0.05, 0) is 36.7 Å². The Hall–Kier alpha value is -1.63. The van der Waals surface area contributed by atoms with Gasteiger partial charge in [0.1, 0.15) is 11.5 Å². The molecule has 2 rings (SSSR count). The fourth-order valence-corrected chi connectivity index (χ4v) is 2.42. The molecule has 0 atom stereocenters. The predicted molar refractivity (Wildman–Crippen MR) is 73.4 cm³/mol. The second-order valence-corrected chi connectivity index (χ2v) is 5.04. The summed E-state index contributed by atoms with van der Waals surface area (Å²) in [6.07, 6.45) is 1.38. The number of hydrogen-bond acceptors (Lipinski definition) is 3. The Morgan fingerprint density at radius 3 is 2.74 bits per heavy atom. The van der Waals surface area contributed by atoms with Gasteiger partial charge in [-0.25, -0.2) is 9.78 Å². The van der Waals surface area contributed by atoms with Crippen molar-refractivity contribution in [1.82, 2.24) is 19.3 Å². The molecule has 102 valence electrons. The van der Waals surface area contributed by atoms with Gasteiger partial charge < -0.3 is 9.67 Å². The first-order chi connectivity index (χ1) is 8.95. The summed E-state index contributed by atoms with van der Waals surface area (Å²) >= 11 is 3.51. The van der Waals surface area contributed by atoms with Gasteiger partial charge in [-0.3, -0.25) is 4.68 Å². The molecule has 2 aromatic rings. The Morgan fingerprint density at radius 2 is 2.16 bits per heavy atom. The molecule has 19 heavy (non-hydrogen) atoms. The van der Waals surface area contributed by atoms with E-state index in [9.17, 15) is 4.79 Å². The highest BCUT2D eigenvalue weighted by Crippen LogP contribution is 2.23. The third-order valence-electron chi connectivity index (χ3n) is 3.03. The lowest BCUT2D eigenvalue weighted by Gasteiger charge is -2.10. The van der Waals surface area contributed by atoms with Crippen molar-refractivity contribution in [1.29, 1.82) is 0 Å². The largest absolute Gasteiger partial charge is 0.477 e. The van der Waals surface area contributed by atoms with Gasteiger partial charge in [0.25, 0.3) is 0 Å². The zero-order valence-electron chi connectivity index (χ0n) is 11.0. The minimum atomic E-state index is -0.976. The van der Waals surface area contributed by atoms with E-state index in [0.717, 1.165) is 22.4 Å². The van der Waals surface area contributed by atoms with Gasteiger partial charge in [0.05, 0.1) is 28.6 Å². The second kappa shape index (κ2) is 5.16. The minimum Gasteiger partial charge on any atom is -0.477 e. The van der Waals surface area contributed by atoms with Crippen molar-refractivity contribution in [3.8, 4) is 0 Å². The molecule has 2 aromatic heterocycles. The number of nitrogens with zero attached hydrogens (tertiary/aromatic N) is 4. The third kappa shape index (κ3) is 2.42. The number of rotatable bonds is 4. The number of carboxylic acid groups (broad SMARTS) is 1. The molecule has 0 radical (unpaired) electrons. The maximum absolute atomic E-state index is 11.2. The van der Waals surface area contributed by atoms with E-state index in [2.05, 4.69) is 26.0 Å². The molecular formula is C12H15BrN4O2. The van der Waals surface area contributed by atoms with Gasteiger partial charge in [-0.15, -0.1) is 0 Å². The Bertz CT molecular complexity index is 630. The summed E-state index contributed by atoms with van der Waals surface area (Å²) in [7, 11) is 0. The maximum atomic E-state index is 11.2. The van der Waals surface area contributed by atoms with Gasteiger partial charge in [0.15, 0.2) is 0 Å². The van der Waals surface area contributed by atoms with Crippen molar-refractivity contribution in [3.05, 3.63) is 33.6 Å². The summed E-state index contributed by atoms with van der Waals surface area (Å²) in [5.74, 6) is -0.304. The molecule has 0 unspecified atom stereocenters. The minimum absolute atomic E-state index is 0.186. The quantitative estimate of drug-likeness (QED) is 0.935. The number of halogens is 1. The molecule has 1 N–H and O–H groups in total. The lowest BCUT2D eigenvalue weighted by Crippen LogP contribution is -2.14. The fourth-order valence-electron chi connectivity index (χ4n) is 2.01. The molecule has 0 spiro atoms. The number of aromatic nitrogens is 4. The summed E-state index contributed by atoms with van der Waals surface area (Å²) in [6.45, 7) is 6.88. The molecule has 2 heterocycles. The van der Waals surface area contributed by atoms with E-state index in [4.69, 9.17) is 5.11 Å². The standard InChI is InChI=1S/C12H15BrN4O2/c1-4-17-10(11(13)7(2)15-17)6-16-8(3)14-5-9(16)12(18)19/h5H,4,6H2,1-3H3,(H,18,19). The zero-order valence-corrected chi connectivity index (χ0v) is 12.6. The van der Waals surface area contributed by atoms with Crippen molar-refractivity contribution in [2.24, 2.45) is 0 Å². The Balaban J connectivity index is 2.47. The smallest absolute Gasteiger partial charge is 0.354 e. The van der Waals surface area contributed by atoms with E-state index in [0.29, 0.717) is 12.4 Å². The van der Waals surface area contributed by atoms with Gasteiger partial charge in [-0.1, -0.05) is 0 Å². The van der Waals surface area contributed by atoms with Crippen molar-refractivity contribution in [2.75, 3.05) is 0 Å². The van der Waals surface area contributed by atoms with E-state index in [1.54, 1.807) is 11.5 Å². The van der Waals surface area contributed by atoms with Gasteiger partial charge >= 0.3 is 5.97 Å². The molecule has 0 aliphatic carbocycles. The molecule has 0 aromatic carbocycles. The first-order valence-corrected chi connectivity index (χ1v) is 6.72. The lowest BCUT2D eigenvalue weighted by atomic mass is 10.3. The normalized spacial score (nSPS) is 10.9. The Kier molecular flexibility index (Phi) is 3.75. The third-order valence-corrected chi connectivity index (χ3v) is 4.07. The number of aryl methyl sites for hydroxylation is 3. The van der Waals surface area contributed by atoms with Crippen LogP contribution in [0.3, 0.4) is 0 Å². The number of carbonyl (C=O) groups is 1. The topological polar surface area (TPSA) is 72.9 Å². The van der Waals surface area contributed by atoms with Crippen LogP contribution in [0, 0.1) is 13.8 Å². The van der Waals surface area contributed by atoms with Crippen molar-refractivity contribution in [2.45, 2.75) is 33.9 Å². The monoisotopic (exact) mass is 326 g/mol. The van der Waals surface area contributed by atoms with Gasteiger partial charge in [0.2, 0.25) is 0 Å². The molecule has 6 nitrogen and oxygen atoms in total. The summed E-state index contributed by atoms with van der Waals surface area (Å²) in [5.41, 5.74) is 2.03. The number of hydrogen-bond donors (Lipinski definition) is 1. The van der Waals surface area contributed by atoms with Crippen LogP contribution in [0.2, 0.25) is 0 Å². The highest BCUT2D eigenvalue weighted by molar-refractivity contribution is 9.10. The summed E-state index contributed by atoms with van der Waals surface area (Å²) in [4.78, 5) is 15.2. The molecule has 0 saturated carbocycles. The summed E-state index contributed by atoms with van der Waals surface area (Å²) in [5, 5.41) is 13.6. The van der Waals surface area contributed by atoms with Gasteiger partial charge in [0, 0.05) is 6.54 Å². The molecular weight excluding hydrogens is 312 g/mol. The molecule has 0 fully saturated rings. The Labute approximate surface area is 119 Å². The molecule has 0 aliphatic heterocycles. The van der Waals surface area contributed by atoms with Crippen LogP contribution in [0.1, 0.15) is 34.6 Å². The van der Waals surface area contributed by atoms with Crippen LogP contribution in [0.15, 0.2) is 10.7 Å². The van der Waals surface area contributed by atoms with Crippen molar-refractivity contribution < 1.29 is 9.90 Å². The lowest BCUT2D eigenvalue weighted by molar-refractivity contribution is 0.0685. The van der Waals surface area contributed by atoms with Crippen LogP contribution in [0.4, 0.5) is 0 Å². The average Bonchev–Trinajstić information content (AvgIpc) is 2.85. The first-order valence-electron chi connectivity index (χ1n) is 5.92. The molecule has 0 bridgehead atoms. The van der Waals surface area contributed by atoms with Crippen LogP contribution < -0.4 is 0 Å². The van der Waals surface area contributed by atoms with Crippen LogP contribution >= 0.6 is 15.9 Å². The molecule has 0 saturated heterocycles. The van der Waals surface area contributed by atoms with E-state index in [-0.39, 0.29) is 5.69 Å². The number of aromatic carboxylic acids is 1. The van der Waals surface area contributed by atoms with Crippen LogP contribution in [0.5, 0.6) is 0 Å². The average molecular weight is 327 g/mol. The van der Waals surface area contributed by atoms with E-state index in [1.807, 2.05) is 18.5 Å². The molecule has 7 heteroatoms. The predicted octanol–water partition coefficient (Wildman–Crippen LogP) is 2.23. The van der Waals surface area contributed by atoms with Crippen molar-refractivity contribution >= 4 is 21.9 Å². The van der Waals surface area contributed by atoms with Crippen LogP contribution in [0.25, 0.3) is 0 Å². The maximum Gasteiger partial charge on any atom is 0.354 e. The Morgan fingerprint density at radius 1 is 1.47 bits per heavy atom. The van der Waals surface area contributed by atoms with E-state index < -0.39 is 5.97 Å². The van der Waals surface area contributed by atoms with E-state index >= 15 is 0 Å². The van der Waals surface area contributed by atoms with Crippen LogP contribution in [-0.4, -0.2) is 30.4 Å².